The van der Waals surface area contributed by atoms with E-state index in [9.17, 15) is 4.79 Å². The number of amides is 1. The van der Waals surface area contributed by atoms with E-state index < -0.39 is 0 Å². The maximum absolute atomic E-state index is 12.3. The third kappa shape index (κ3) is 2.86. The molecule has 2 saturated heterocycles. The van der Waals surface area contributed by atoms with E-state index in [4.69, 9.17) is 0 Å². The van der Waals surface area contributed by atoms with Gasteiger partial charge in [-0.3, -0.25) is 10.1 Å². The second kappa shape index (κ2) is 5.17. The third-order valence-electron chi connectivity index (χ3n) is 4.51. The smallest absolute Gasteiger partial charge is 0.241 e. The molecule has 1 amide bonds. The van der Waals surface area contributed by atoms with Gasteiger partial charge in [0.2, 0.25) is 5.91 Å². The first kappa shape index (κ1) is 13.8. The van der Waals surface area contributed by atoms with E-state index in [1.165, 1.54) is 12.8 Å². The molecule has 2 aliphatic rings. The van der Waals surface area contributed by atoms with E-state index in [0.717, 1.165) is 26.3 Å². The summed E-state index contributed by atoms with van der Waals surface area (Å²) in [6.07, 6.45) is 2.39. The lowest BCUT2D eigenvalue weighted by molar-refractivity contribution is -0.131. The second-order valence-electron chi connectivity index (χ2n) is 6.73. The summed E-state index contributed by atoms with van der Waals surface area (Å²) in [6.45, 7) is 10.5. The van der Waals surface area contributed by atoms with Gasteiger partial charge >= 0.3 is 0 Å². The Morgan fingerprint density at radius 1 is 1.39 bits per heavy atom. The Morgan fingerprint density at radius 2 is 2.00 bits per heavy atom. The molecule has 0 saturated carbocycles. The Labute approximate surface area is 111 Å². The molecule has 1 N–H and O–H groups in total. The predicted octanol–water partition coefficient (Wildman–Crippen LogP) is 1.13. The van der Waals surface area contributed by atoms with Crippen molar-refractivity contribution in [3.8, 4) is 0 Å². The predicted molar refractivity (Wildman–Crippen MR) is 73.2 cm³/mol. The van der Waals surface area contributed by atoms with Crippen molar-refractivity contribution in [2.75, 3.05) is 33.4 Å². The Kier molecular flexibility index (Phi) is 3.97. The first-order valence-corrected chi connectivity index (χ1v) is 7.12. The van der Waals surface area contributed by atoms with Crippen LogP contribution in [0.3, 0.4) is 0 Å². The van der Waals surface area contributed by atoms with Crippen LogP contribution in [0.4, 0.5) is 0 Å². The average Bonchev–Trinajstić information content (AvgIpc) is 2.65. The van der Waals surface area contributed by atoms with Crippen molar-refractivity contribution in [3.05, 3.63) is 0 Å². The summed E-state index contributed by atoms with van der Waals surface area (Å²) in [5.41, 5.74) is 0.301. The number of likely N-dealkylation sites (tertiary alicyclic amines) is 1. The van der Waals surface area contributed by atoms with E-state index >= 15 is 0 Å². The molecule has 2 heterocycles. The Bertz CT molecular complexity index is 308. The number of hydrogen-bond donors (Lipinski definition) is 1. The minimum Gasteiger partial charge on any atom is -0.328 e. The highest BCUT2D eigenvalue weighted by Gasteiger charge is 2.38. The first-order valence-electron chi connectivity index (χ1n) is 7.12. The number of carbonyl (C=O) groups excluding carboxylic acids is 1. The van der Waals surface area contributed by atoms with Gasteiger partial charge in [0.1, 0.15) is 0 Å². The van der Waals surface area contributed by atoms with Crippen LogP contribution in [0.25, 0.3) is 0 Å². The molecule has 104 valence electrons. The van der Waals surface area contributed by atoms with Crippen molar-refractivity contribution in [1.82, 2.24) is 15.1 Å². The molecule has 1 atom stereocenters. The van der Waals surface area contributed by atoms with Gasteiger partial charge in [-0.25, -0.2) is 0 Å². The standard InChI is InChI=1S/C14H27N3O/c1-11(2)12-13(18)17(10-15-12)9-14(3)5-7-16(4)8-6-14/h11-12,15H,5-10H2,1-4H3. The summed E-state index contributed by atoms with van der Waals surface area (Å²) < 4.78 is 0. The fraction of sp³-hybridized carbons (Fsp3) is 0.929. The normalized spacial score (nSPS) is 29.3. The van der Waals surface area contributed by atoms with E-state index in [2.05, 4.69) is 38.0 Å². The average molecular weight is 253 g/mol. The number of carbonyl (C=O) groups is 1. The maximum Gasteiger partial charge on any atom is 0.241 e. The highest BCUT2D eigenvalue weighted by Crippen LogP contribution is 2.32. The molecule has 2 rings (SSSR count). The summed E-state index contributed by atoms with van der Waals surface area (Å²) in [6, 6.07) is 0.0277. The molecule has 0 spiro atoms. The van der Waals surface area contributed by atoms with Gasteiger partial charge in [-0.05, 0) is 44.3 Å². The van der Waals surface area contributed by atoms with Gasteiger partial charge in [-0.1, -0.05) is 20.8 Å². The van der Waals surface area contributed by atoms with Gasteiger partial charge in [-0.2, -0.15) is 0 Å². The molecule has 0 aliphatic carbocycles. The van der Waals surface area contributed by atoms with Crippen LogP contribution in [0.2, 0.25) is 0 Å². The van der Waals surface area contributed by atoms with Crippen molar-refractivity contribution in [2.24, 2.45) is 11.3 Å². The molecular formula is C14H27N3O. The van der Waals surface area contributed by atoms with Crippen LogP contribution in [-0.2, 0) is 4.79 Å². The summed E-state index contributed by atoms with van der Waals surface area (Å²) in [4.78, 5) is 16.7. The molecule has 4 nitrogen and oxygen atoms in total. The van der Waals surface area contributed by atoms with Crippen molar-refractivity contribution >= 4 is 5.91 Å². The van der Waals surface area contributed by atoms with Crippen LogP contribution in [-0.4, -0.2) is 55.1 Å². The first-order chi connectivity index (χ1) is 8.41. The maximum atomic E-state index is 12.3. The number of piperidine rings is 1. The van der Waals surface area contributed by atoms with Crippen molar-refractivity contribution < 1.29 is 4.79 Å². The molecule has 2 fully saturated rings. The van der Waals surface area contributed by atoms with Crippen LogP contribution in [0.1, 0.15) is 33.6 Å². The lowest BCUT2D eigenvalue weighted by Gasteiger charge is -2.40. The molecule has 0 aromatic carbocycles. The van der Waals surface area contributed by atoms with Crippen molar-refractivity contribution in [1.29, 1.82) is 0 Å². The molecule has 0 aromatic rings. The van der Waals surface area contributed by atoms with Crippen LogP contribution < -0.4 is 5.32 Å². The van der Waals surface area contributed by atoms with Gasteiger partial charge in [0, 0.05) is 6.54 Å². The second-order valence-corrected chi connectivity index (χ2v) is 6.73. The number of rotatable bonds is 3. The molecule has 1 unspecified atom stereocenters. The van der Waals surface area contributed by atoms with E-state index in [1.807, 2.05) is 4.90 Å². The van der Waals surface area contributed by atoms with Gasteiger partial charge in [-0.15, -0.1) is 0 Å². The molecular weight excluding hydrogens is 226 g/mol. The summed E-state index contributed by atoms with van der Waals surface area (Å²) >= 11 is 0. The fourth-order valence-electron chi connectivity index (χ4n) is 3.00. The summed E-state index contributed by atoms with van der Waals surface area (Å²) in [7, 11) is 2.18. The minimum absolute atomic E-state index is 0.0277. The zero-order valence-electron chi connectivity index (χ0n) is 12.2. The minimum atomic E-state index is 0.0277. The molecule has 2 aliphatic heterocycles. The van der Waals surface area contributed by atoms with Crippen molar-refractivity contribution in [2.45, 2.75) is 39.7 Å². The van der Waals surface area contributed by atoms with E-state index in [1.54, 1.807) is 0 Å². The van der Waals surface area contributed by atoms with Gasteiger partial charge in [0.25, 0.3) is 0 Å². The molecule has 18 heavy (non-hydrogen) atoms. The van der Waals surface area contributed by atoms with Crippen LogP contribution in [0.15, 0.2) is 0 Å². The van der Waals surface area contributed by atoms with Crippen molar-refractivity contribution in [3.63, 3.8) is 0 Å². The third-order valence-corrected chi connectivity index (χ3v) is 4.51. The van der Waals surface area contributed by atoms with Crippen LogP contribution in [0.5, 0.6) is 0 Å². The topological polar surface area (TPSA) is 35.6 Å². The molecule has 0 bridgehead atoms. The zero-order valence-corrected chi connectivity index (χ0v) is 12.2. The zero-order chi connectivity index (χ0) is 13.3. The number of hydrogen-bond acceptors (Lipinski definition) is 3. The summed E-state index contributed by atoms with van der Waals surface area (Å²) in [5.74, 6) is 0.679. The quantitative estimate of drug-likeness (QED) is 0.819. The lowest BCUT2D eigenvalue weighted by atomic mass is 9.80. The van der Waals surface area contributed by atoms with Crippen LogP contribution >= 0.6 is 0 Å². The lowest BCUT2D eigenvalue weighted by Crippen LogP contribution is -2.45. The van der Waals surface area contributed by atoms with E-state index in [0.29, 0.717) is 17.2 Å². The molecule has 0 aromatic heterocycles. The fourth-order valence-corrected chi connectivity index (χ4v) is 3.00. The summed E-state index contributed by atoms with van der Waals surface area (Å²) in [5, 5.41) is 3.34. The molecule has 0 radical (unpaired) electrons. The molecule has 4 heteroatoms. The monoisotopic (exact) mass is 253 g/mol. The van der Waals surface area contributed by atoms with Crippen LogP contribution in [0, 0.1) is 11.3 Å². The highest BCUT2D eigenvalue weighted by atomic mass is 16.2. The number of nitrogens with one attached hydrogen (secondary N) is 1. The SMILES string of the molecule is CC(C)C1NCN(CC2(C)CCN(C)CC2)C1=O. The Morgan fingerprint density at radius 3 is 2.50 bits per heavy atom. The highest BCUT2D eigenvalue weighted by molar-refractivity contribution is 5.84. The van der Waals surface area contributed by atoms with Gasteiger partial charge in [0.15, 0.2) is 0 Å². The Balaban J connectivity index is 1.92. The van der Waals surface area contributed by atoms with Gasteiger partial charge in [0.05, 0.1) is 12.7 Å². The number of nitrogens with zero attached hydrogens (tertiary/aromatic N) is 2. The largest absolute Gasteiger partial charge is 0.328 e. The van der Waals surface area contributed by atoms with E-state index in [-0.39, 0.29) is 6.04 Å². The Hall–Kier alpha value is -0.610. The van der Waals surface area contributed by atoms with Gasteiger partial charge < -0.3 is 9.80 Å².